The fourth-order valence-electron chi connectivity index (χ4n) is 4.13. The van der Waals surface area contributed by atoms with Crippen LogP contribution in [0.5, 0.6) is 11.6 Å². The number of amides is 1. The Balaban J connectivity index is 1.70. The van der Waals surface area contributed by atoms with Crippen molar-refractivity contribution in [2.45, 2.75) is 90.1 Å². The fraction of sp³-hybridized carbons (Fsp3) is 0.643. The summed E-state index contributed by atoms with van der Waals surface area (Å²) in [5, 5.41) is 59.5. The number of ether oxygens (including phenoxy) is 3. The van der Waals surface area contributed by atoms with E-state index in [0.717, 1.165) is 16.8 Å². The molecule has 7 N–H and O–H groups in total. The first-order valence-corrected chi connectivity index (χ1v) is 13.4. The Bertz CT molecular complexity index is 1110. The molecule has 5 atom stereocenters. The summed E-state index contributed by atoms with van der Waals surface area (Å²) in [5.41, 5.74) is 0.896. The number of hydrogen-bond donors (Lipinski definition) is 7. The Morgan fingerprint density at radius 3 is 2.30 bits per heavy atom. The predicted octanol–water partition coefficient (Wildman–Crippen LogP) is 0.595. The van der Waals surface area contributed by atoms with Crippen LogP contribution in [0.1, 0.15) is 64.3 Å². The normalized spacial score (nSPS) is 23.8. The quantitative estimate of drug-likeness (QED) is 0.192. The van der Waals surface area contributed by atoms with Crippen molar-refractivity contribution in [3.8, 4) is 11.6 Å². The van der Waals surface area contributed by atoms with Gasteiger partial charge in [0, 0.05) is 17.7 Å². The molecule has 1 aliphatic heterocycles. The summed E-state index contributed by atoms with van der Waals surface area (Å²) in [6, 6.07) is 7.36. The van der Waals surface area contributed by atoms with E-state index >= 15 is 0 Å². The van der Waals surface area contributed by atoms with E-state index in [1.54, 1.807) is 39.8 Å². The molecule has 0 spiro atoms. The SMILES string of the molecule is CC(C)c1[nH]nc(O[C@@H]2O[C@H](CO)[C@@H](O)[C@H](O)[C@H]2O)c1Cc1ccc(OCC(C)(C)C(=O)NC(C)(C)CO)cc1. The monoisotopic (exact) mass is 565 g/mol. The van der Waals surface area contributed by atoms with E-state index in [0.29, 0.717) is 12.2 Å². The number of H-pyrrole nitrogens is 1. The van der Waals surface area contributed by atoms with Crippen LogP contribution in [0.4, 0.5) is 0 Å². The summed E-state index contributed by atoms with van der Waals surface area (Å²) in [5.74, 6) is 0.602. The van der Waals surface area contributed by atoms with Crippen LogP contribution in [-0.4, -0.2) is 97.7 Å². The number of nitrogens with zero attached hydrogens (tertiary/aromatic N) is 1. The molecule has 0 radical (unpaired) electrons. The third-order valence-electron chi connectivity index (χ3n) is 6.88. The van der Waals surface area contributed by atoms with Crippen molar-refractivity contribution in [2.24, 2.45) is 5.41 Å². The predicted molar refractivity (Wildman–Crippen MR) is 145 cm³/mol. The number of nitrogens with one attached hydrogen (secondary N) is 2. The van der Waals surface area contributed by atoms with Crippen molar-refractivity contribution in [1.29, 1.82) is 0 Å². The first-order chi connectivity index (χ1) is 18.7. The Hall–Kier alpha value is -2.74. The molecular weight excluding hydrogens is 522 g/mol. The maximum absolute atomic E-state index is 12.7. The van der Waals surface area contributed by atoms with Gasteiger partial charge >= 0.3 is 0 Å². The van der Waals surface area contributed by atoms with Crippen LogP contribution in [0.25, 0.3) is 0 Å². The molecule has 0 saturated carbocycles. The van der Waals surface area contributed by atoms with Gasteiger partial charge in [0.15, 0.2) is 0 Å². The van der Waals surface area contributed by atoms with E-state index in [-0.39, 0.29) is 30.9 Å². The maximum atomic E-state index is 12.7. The summed E-state index contributed by atoms with van der Waals surface area (Å²) >= 11 is 0. The van der Waals surface area contributed by atoms with E-state index in [4.69, 9.17) is 14.2 Å². The number of carbonyl (C=O) groups excluding carboxylic acids is 1. The Labute approximate surface area is 234 Å². The van der Waals surface area contributed by atoms with Gasteiger partial charge < -0.3 is 45.1 Å². The second kappa shape index (κ2) is 12.8. The molecule has 1 aromatic carbocycles. The number of hydrogen-bond acceptors (Lipinski definition) is 10. The van der Waals surface area contributed by atoms with Gasteiger partial charge in [-0.3, -0.25) is 9.89 Å². The molecule has 12 heteroatoms. The van der Waals surface area contributed by atoms with Gasteiger partial charge in [0.2, 0.25) is 18.1 Å². The number of aromatic nitrogens is 2. The largest absolute Gasteiger partial charge is 0.492 e. The van der Waals surface area contributed by atoms with Crippen molar-refractivity contribution < 1.29 is 44.5 Å². The molecule has 1 aliphatic rings. The smallest absolute Gasteiger partial charge is 0.238 e. The molecule has 40 heavy (non-hydrogen) atoms. The van der Waals surface area contributed by atoms with Crippen LogP contribution in [0.15, 0.2) is 24.3 Å². The van der Waals surface area contributed by atoms with E-state index in [9.17, 15) is 30.3 Å². The van der Waals surface area contributed by atoms with Crippen LogP contribution in [0.3, 0.4) is 0 Å². The van der Waals surface area contributed by atoms with Crippen molar-refractivity contribution >= 4 is 5.91 Å². The average Bonchev–Trinajstić information content (AvgIpc) is 3.30. The first kappa shape index (κ1) is 31.8. The highest BCUT2D eigenvalue weighted by molar-refractivity contribution is 5.82. The number of aliphatic hydroxyl groups excluding tert-OH is 5. The zero-order valence-electron chi connectivity index (χ0n) is 23.9. The molecule has 12 nitrogen and oxygen atoms in total. The standard InChI is InChI=1S/C28H43N3O9/c1-15(2)20-18(24(31-30-20)40-25-23(36)22(35)21(34)19(12-32)39-25)11-16-7-9-17(10-8-16)38-14-27(3,4)26(37)29-28(5,6)13-33/h7-10,15,19,21-23,25,32-36H,11-14H2,1-6H3,(H,29,37)(H,30,31)/t19-,21-,22+,23-,25+/m1/s1. The van der Waals surface area contributed by atoms with Gasteiger partial charge in [-0.2, -0.15) is 0 Å². The van der Waals surface area contributed by atoms with E-state index in [2.05, 4.69) is 15.5 Å². The fourth-order valence-corrected chi connectivity index (χ4v) is 4.13. The number of aromatic amines is 1. The second-order valence-corrected chi connectivity index (χ2v) is 11.9. The summed E-state index contributed by atoms with van der Waals surface area (Å²) in [4.78, 5) is 12.7. The van der Waals surface area contributed by atoms with Gasteiger partial charge in [0.1, 0.15) is 36.8 Å². The van der Waals surface area contributed by atoms with Crippen LogP contribution in [-0.2, 0) is 16.0 Å². The number of carbonyl (C=O) groups is 1. The Morgan fingerprint density at radius 2 is 1.73 bits per heavy atom. The Morgan fingerprint density at radius 1 is 1.07 bits per heavy atom. The van der Waals surface area contributed by atoms with Crippen LogP contribution >= 0.6 is 0 Å². The zero-order chi connectivity index (χ0) is 29.8. The summed E-state index contributed by atoms with van der Waals surface area (Å²) in [7, 11) is 0. The van der Waals surface area contributed by atoms with Gasteiger partial charge in [-0.25, -0.2) is 0 Å². The van der Waals surface area contributed by atoms with Crippen LogP contribution in [0, 0.1) is 5.41 Å². The number of rotatable bonds is 12. The molecule has 1 amide bonds. The minimum Gasteiger partial charge on any atom is -0.492 e. The summed E-state index contributed by atoms with van der Waals surface area (Å²) in [6.07, 6.45) is -6.63. The molecule has 3 rings (SSSR count). The highest BCUT2D eigenvalue weighted by Gasteiger charge is 2.45. The van der Waals surface area contributed by atoms with Gasteiger partial charge in [0.25, 0.3) is 0 Å². The van der Waals surface area contributed by atoms with Crippen LogP contribution in [0.2, 0.25) is 0 Å². The van der Waals surface area contributed by atoms with Crippen molar-refractivity contribution in [2.75, 3.05) is 19.8 Å². The molecule has 224 valence electrons. The van der Waals surface area contributed by atoms with Gasteiger partial charge in [-0.15, -0.1) is 5.10 Å². The van der Waals surface area contributed by atoms with E-state index < -0.39 is 48.3 Å². The summed E-state index contributed by atoms with van der Waals surface area (Å²) in [6.45, 7) is 10.4. The molecule has 0 aliphatic carbocycles. The molecule has 1 fully saturated rings. The number of benzene rings is 1. The minimum absolute atomic E-state index is 0.0708. The van der Waals surface area contributed by atoms with Crippen molar-refractivity contribution in [3.05, 3.63) is 41.1 Å². The van der Waals surface area contributed by atoms with Crippen molar-refractivity contribution in [1.82, 2.24) is 15.5 Å². The third-order valence-corrected chi connectivity index (χ3v) is 6.88. The average molecular weight is 566 g/mol. The lowest BCUT2D eigenvalue weighted by molar-refractivity contribution is -0.278. The lowest BCUT2D eigenvalue weighted by atomic mass is 9.91. The summed E-state index contributed by atoms with van der Waals surface area (Å²) < 4.78 is 17.2. The van der Waals surface area contributed by atoms with Gasteiger partial charge in [-0.05, 0) is 51.3 Å². The highest BCUT2D eigenvalue weighted by Crippen LogP contribution is 2.31. The maximum Gasteiger partial charge on any atom is 0.238 e. The van der Waals surface area contributed by atoms with Gasteiger partial charge in [-0.1, -0.05) is 26.0 Å². The Kier molecular flexibility index (Phi) is 10.2. The highest BCUT2D eigenvalue weighted by atomic mass is 16.7. The molecule has 1 aromatic heterocycles. The van der Waals surface area contributed by atoms with Crippen molar-refractivity contribution in [3.63, 3.8) is 0 Å². The molecule has 1 saturated heterocycles. The third kappa shape index (κ3) is 7.50. The first-order valence-electron chi connectivity index (χ1n) is 13.4. The molecule has 2 aromatic rings. The zero-order valence-corrected chi connectivity index (χ0v) is 23.9. The molecular formula is C28H43N3O9. The number of aliphatic hydroxyl groups is 5. The lowest BCUT2D eigenvalue weighted by Crippen LogP contribution is -2.60. The van der Waals surface area contributed by atoms with E-state index in [1.165, 1.54) is 0 Å². The molecule has 0 unspecified atom stereocenters. The second-order valence-electron chi connectivity index (χ2n) is 11.9. The topological polar surface area (TPSA) is 187 Å². The van der Waals surface area contributed by atoms with Crippen LogP contribution < -0.4 is 14.8 Å². The molecule has 2 heterocycles. The molecule has 0 bridgehead atoms. The minimum atomic E-state index is -1.56. The van der Waals surface area contributed by atoms with E-state index in [1.807, 2.05) is 26.0 Å². The lowest BCUT2D eigenvalue weighted by Gasteiger charge is -2.39. The van der Waals surface area contributed by atoms with Gasteiger partial charge in [0.05, 0.1) is 24.2 Å².